The van der Waals surface area contributed by atoms with Gasteiger partial charge in [0, 0.05) is 25.1 Å². The first kappa shape index (κ1) is 14.5. The van der Waals surface area contributed by atoms with Gasteiger partial charge in [0.25, 0.3) is 0 Å². The zero-order valence-corrected chi connectivity index (χ0v) is 12.5. The molecule has 1 aromatic carbocycles. The monoisotopic (exact) mass is 294 g/mol. The summed E-state index contributed by atoms with van der Waals surface area (Å²) in [6.45, 7) is 1.88. The van der Waals surface area contributed by atoms with E-state index in [0.29, 0.717) is 12.0 Å². The molecule has 1 saturated heterocycles. The minimum absolute atomic E-state index is 0.144. The number of ketones is 1. The average Bonchev–Trinajstić information content (AvgIpc) is 3.06. The van der Waals surface area contributed by atoms with Crippen LogP contribution >= 0.6 is 0 Å². The lowest BCUT2D eigenvalue weighted by molar-refractivity contribution is -0.114. The van der Waals surface area contributed by atoms with Crippen molar-refractivity contribution < 1.29 is 4.79 Å². The summed E-state index contributed by atoms with van der Waals surface area (Å²) in [4.78, 5) is 11.7. The first-order valence-corrected chi connectivity index (χ1v) is 7.71. The summed E-state index contributed by atoms with van der Waals surface area (Å²) in [6, 6.07) is 7.51. The maximum absolute atomic E-state index is 11.7. The molecule has 0 spiro atoms. The average molecular weight is 294 g/mol. The molecule has 1 fully saturated rings. The maximum Gasteiger partial charge on any atom is 0.155 e. The van der Waals surface area contributed by atoms with Gasteiger partial charge in [0.2, 0.25) is 0 Å². The van der Waals surface area contributed by atoms with Crippen LogP contribution in [0.4, 0.5) is 5.69 Å². The molecule has 1 heterocycles. The number of nitrogens with zero attached hydrogens (tertiary/aromatic N) is 4. The van der Waals surface area contributed by atoms with Gasteiger partial charge in [-0.1, -0.05) is 5.22 Å². The number of benzene rings is 1. The molecule has 22 heavy (non-hydrogen) atoms. The molecule has 1 aliphatic carbocycles. The molecule has 0 N–H and O–H groups in total. The van der Waals surface area contributed by atoms with Crippen LogP contribution in [0.5, 0.6) is 0 Å². The molecule has 0 unspecified atom stereocenters. The summed E-state index contributed by atoms with van der Waals surface area (Å²) in [5.41, 5.74) is 3.12. The minimum atomic E-state index is 0.144. The smallest absolute Gasteiger partial charge is 0.155 e. The molecule has 2 aliphatic rings. The minimum Gasteiger partial charge on any atom is -0.295 e. The maximum atomic E-state index is 11.7. The van der Waals surface area contributed by atoms with Crippen LogP contribution in [0.25, 0.3) is 5.57 Å². The second-order valence-electron chi connectivity index (χ2n) is 5.68. The van der Waals surface area contributed by atoms with E-state index in [1.54, 1.807) is 12.1 Å². The van der Waals surface area contributed by atoms with E-state index in [2.05, 4.69) is 16.4 Å². The van der Waals surface area contributed by atoms with Gasteiger partial charge in [-0.05, 0) is 55.5 Å². The second-order valence-corrected chi connectivity index (χ2v) is 5.68. The van der Waals surface area contributed by atoms with Crippen LogP contribution in [0.3, 0.4) is 0 Å². The molecule has 0 bridgehead atoms. The molecule has 0 radical (unpaired) electrons. The number of nitriles is 1. The highest BCUT2D eigenvalue weighted by Crippen LogP contribution is 2.33. The zero-order valence-electron chi connectivity index (χ0n) is 12.5. The van der Waals surface area contributed by atoms with Gasteiger partial charge in [0.05, 0.1) is 17.3 Å². The molecule has 5 heteroatoms. The van der Waals surface area contributed by atoms with E-state index in [0.717, 1.165) is 55.6 Å². The molecule has 0 amide bonds. The van der Waals surface area contributed by atoms with Crippen molar-refractivity contribution in [3.8, 4) is 6.07 Å². The molecule has 0 atom stereocenters. The van der Waals surface area contributed by atoms with Gasteiger partial charge in [-0.15, -0.1) is 5.11 Å². The first-order chi connectivity index (χ1) is 10.8. The van der Waals surface area contributed by atoms with Gasteiger partial charge >= 0.3 is 0 Å². The van der Waals surface area contributed by atoms with Crippen LogP contribution < -0.4 is 0 Å². The van der Waals surface area contributed by atoms with Crippen molar-refractivity contribution >= 4 is 17.0 Å². The molecule has 1 aromatic rings. The van der Waals surface area contributed by atoms with E-state index in [1.807, 2.05) is 17.1 Å². The van der Waals surface area contributed by atoms with E-state index in [4.69, 9.17) is 5.26 Å². The van der Waals surface area contributed by atoms with E-state index in [1.165, 1.54) is 0 Å². The second kappa shape index (κ2) is 6.52. The lowest BCUT2D eigenvalue weighted by atomic mass is 9.91. The number of carbonyl (C=O) groups is 1. The summed E-state index contributed by atoms with van der Waals surface area (Å²) < 4.78 is 0. The predicted octanol–water partition coefficient (Wildman–Crippen LogP) is 3.79. The van der Waals surface area contributed by atoms with Crippen molar-refractivity contribution in [1.82, 2.24) is 5.01 Å². The summed E-state index contributed by atoms with van der Waals surface area (Å²) >= 11 is 0. The highest BCUT2D eigenvalue weighted by atomic mass is 16.1. The molecule has 0 saturated carbocycles. The number of allylic oxidation sites excluding steroid dienone is 2. The van der Waals surface area contributed by atoms with Crippen molar-refractivity contribution in [1.29, 1.82) is 5.26 Å². The fourth-order valence-electron chi connectivity index (χ4n) is 2.86. The summed E-state index contributed by atoms with van der Waals surface area (Å²) in [5, 5.41) is 19.7. The quantitative estimate of drug-likeness (QED) is 0.796. The molecule has 0 aromatic heterocycles. The fraction of sp³-hybridized carbons (Fsp3) is 0.412. The Balaban J connectivity index is 1.95. The van der Waals surface area contributed by atoms with E-state index in [9.17, 15) is 4.79 Å². The van der Waals surface area contributed by atoms with Gasteiger partial charge in [-0.2, -0.15) is 5.26 Å². The fourth-order valence-corrected chi connectivity index (χ4v) is 2.86. The third-order valence-corrected chi connectivity index (χ3v) is 4.04. The van der Waals surface area contributed by atoms with Gasteiger partial charge in [0.1, 0.15) is 0 Å². The Hall–Kier alpha value is -2.48. The summed E-state index contributed by atoms with van der Waals surface area (Å²) in [7, 11) is 0. The van der Waals surface area contributed by atoms with Crippen LogP contribution in [0.15, 0.2) is 34.6 Å². The van der Waals surface area contributed by atoms with Crippen molar-refractivity contribution in [3.63, 3.8) is 0 Å². The lowest BCUT2D eigenvalue weighted by Gasteiger charge is -2.14. The Bertz CT molecular complexity index is 678. The number of hydrogen-bond donors (Lipinski definition) is 0. The summed E-state index contributed by atoms with van der Waals surface area (Å²) in [5.74, 6) is 0.144. The Morgan fingerprint density at radius 2 is 1.95 bits per heavy atom. The van der Waals surface area contributed by atoms with Crippen LogP contribution in [0.1, 0.15) is 43.2 Å². The van der Waals surface area contributed by atoms with Crippen LogP contribution in [-0.2, 0) is 4.79 Å². The molecular weight excluding hydrogens is 276 g/mol. The van der Waals surface area contributed by atoms with Crippen LogP contribution in [-0.4, -0.2) is 23.9 Å². The Morgan fingerprint density at radius 3 is 2.68 bits per heavy atom. The summed E-state index contributed by atoms with van der Waals surface area (Å²) in [6.07, 6.45) is 6.29. The molecule has 3 rings (SSSR count). The number of hydrogen-bond acceptors (Lipinski definition) is 4. The zero-order chi connectivity index (χ0) is 15.4. The lowest BCUT2D eigenvalue weighted by Crippen LogP contribution is -2.09. The Morgan fingerprint density at radius 1 is 1.14 bits per heavy atom. The molecule has 5 nitrogen and oxygen atoms in total. The Labute approximate surface area is 129 Å². The van der Waals surface area contributed by atoms with E-state index in [-0.39, 0.29) is 5.78 Å². The van der Waals surface area contributed by atoms with Crippen LogP contribution in [0, 0.1) is 11.3 Å². The third-order valence-electron chi connectivity index (χ3n) is 4.04. The van der Waals surface area contributed by atoms with E-state index < -0.39 is 0 Å². The normalized spacial score (nSPS) is 18.6. The third kappa shape index (κ3) is 3.22. The number of carbonyl (C=O) groups excluding carboxylic acids is 1. The SMILES string of the molecule is N#Cc1ccc(N=NN2CCCC2)c(C2=CC(=O)CCC2)c1. The van der Waals surface area contributed by atoms with Gasteiger partial charge in [-0.25, -0.2) is 0 Å². The standard InChI is InChI=1S/C17H18N4O/c18-12-13-6-7-17(19-20-21-8-1-2-9-21)16(10-13)14-4-3-5-15(22)11-14/h6-7,10-11H,1-5,8-9H2. The molecular formula is C17H18N4O. The van der Waals surface area contributed by atoms with E-state index >= 15 is 0 Å². The number of rotatable bonds is 3. The topological polar surface area (TPSA) is 68.8 Å². The van der Waals surface area contributed by atoms with Crippen LogP contribution in [0.2, 0.25) is 0 Å². The highest BCUT2D eigenvalue weighted by molar-refractivity contribution is 5.99. The van der Waals surface area contributed by atoms with Gasteiger partial charge < -0.3 is 0 Å². The molecule has 112 valence electrons. The largest absolute Gasteiger partial charge is 0.295 e. The highest BCUT2D eigenvalue weighted by Gasteiger charge is 2.16. The predicted molar refractivity (Wildman–Crippen MR) is 83.3 cm³/mol. The molecule has 1 aliphatic heterocycles. The van der Waals surface area contributed by atoms with Crippen molar-refractivity contribution in [2.24, 2.45) is 10.3 Å². The first-order valence-electron chi connectivity index (χ1n) is 7.71. The van der Waals surface area contributed by atoms with Crippen molar-refractivity contribution in [3.05, 3.63) is 35.4 Å². The van der Waals surface area contributed by atoms with Gasteiger partial charge in [-0.3, -0.25) is 9.80 Å². The van der Waals surface area contributed by atoms with Gasteiger partial charge in [0.15, 0.2) is 5.78 Å². The van der Waals surface area contributed by atoms with Crippen molar-refractivity contribution in [2.45, 2.75) is 32.1 Å². The Kier molecular flexibility index (Phi) is 4.29. The van der Waals surface area contributed by atoms with Crippen molar-refractivity contribution in [2.75, 3.05) is 13.1 Å².